The molecule has 0 unspecified atom stereocenters. The third-order valence-electron chi connectivity index (χ3n) is 4.06. The van der Waals surface area contributed by atoms with Gasteiger partial charge in [-0.2, -0.15) is 4.98 Å². The summed E-state index contributed by atoms with van der Waals surface area (Å²) in [6.45, 7) is 0. The standard InChI is InChI=1S/C14H19N3O2S/c1-18-14(7-4-2-3-5-8-14)13-16-12(19-17-13)10-6-9-20-11(10)15/h6,9H,2-5,7-8,15H2,1H3. The summed E-state index contributed by atoms with van der Waals surface area (Å²) in [5, 5.41) is 6.78. The Morgan fingerprint density at radius 3 is 2.65 bits per heavy atom. The second-order valence-corrected chi connectivity index (χ2v) is 6.18. The molecule has 0 radical (unpaired) electrons. The Hall–Kier alpha value is -1.40. The number of rotatable bonds is 3. The van der Waals surface area contributed by atoms with Gasteiger partial charge in [-0.25, -0.2) is 0 Å². The summed E-state index contributed by atoms with van der Waals surface area (Å²) in [6, 6.07) is 1.91. The van der Waals surface area contributed by atoms with E-state index in [0.29, 0.717) is 16.7 Å². The molecule has 2 aromatic rings. The van der Waals surface area contributed by atoms with Crippen LogP contribution in [-0.4, -0.2) is 17.3 Å². The van der Waals surface area contributed by atoms with Gasteiger partial charge in [-0.3, -0.25) is 0 Å². The maximum absolute atomic E-state index is 5.91. The molecular weight excluding hydrogens is 274 g/mol. The van der Waals surface area contributed by atoms with Crippen LogP contribution in [0, 0.1) is 0 Å². The largest absolute Gasteiger partial charge is 0.390 e. The van der Waals surface area contributed by atoms with Gasteiger partial charge in [-0.1, -0.05) is 30.8 Å². The van der Waals surface area contributed by atoms with Crippen LogP contribution in [0.4, 0.5) is 5.00 Å². The van der Waals surface area contributed by atoms with Crippen molar-refractivity contribution in [2.45, 2.75) is 44.1 Å². The second-order valence-electron chi connectivity index (χ2n) is 5.23. The zero-order valence-electron chi connectivity index (χ0n) is 11.6. The van der Waals surface area contributed by atoms with Crippen molar-refractivity contribution in [2.24, 2.45) is 0 Å². The van der Waals surface area contributed by atoms with Gasteiger partial charge in [0, 0.05) is 7.11 Å². The zero-order valence-corrected chi connectivity index (χ0v) is 12.4. The van der Waals surface area contributed by atoms with E-state index in [9.17, 15) is 0 Å². The zero-order chi connectivity index (χ0) is 14.0. The molecule has 0 bridgehead atoms. The summed E-state index contributed by atoms with van der Waals surface area (Å²) in [6.07, 6.45) is 6.65. The first-order valence-corrected chi connectivity index (χ1v) is 7.86. The molecule has 1 fully saturated rings. The average Bonchev–Trinajstić information content (AvgIpc) is 3.03. The highest BCUT2D eigenvalue weighted by atomic mass is 32.1. The number of nitrogens with zero attached hydrogens (tertiary/aromatic N) is 2. The van der Waals surface area contributed by atoms with Crippen LogP contribution < -0.4 is 5.73 Å². The van der Waals surface area contributed by atoms with Gasteiger partial charge >= 0.3 is 0 Å². The molecule has 1 saturated carbocycles. The highest BCUT2D eigenvalue weighted by Crippen LogP contribution is 2.39. The fourth-order valence-corrected chi connectivity index (χ4v) is 3.47. The van der Waals surface area contributed by atoms with Gasteiger partial charge in [0.05, 0.1) is 10.6 Å². The van der Waals surface area contributed by atoms with Crippen molar-refractivity contribution in [2.75, 3.05) is 12.8 Å². The van der Waals surface area contributed by atoms with Gasteiger partial charge in [-0.15, -0.1) is 11.3 Å². The first-order chi connectivity index (χ1) is 9.75. The summed E-state index contributed by atoms with van der Waals surface area (Å²) >= 11 is 1.47. The van der Waals surface area contributed by atoms with Gasteiger partial charge in [0.1, 0.15) is 5.60 Å². The van der Waals surface area contributed by atoms with Crippen LogP contribution >= 0.6 is 11.3 Å². The molecule has 20 heavy (non-hydrogen) atoms. The maximum atomic E-state index is 5.91. The van der Waals surface area contributed by atoms with E-state index in [1.165, 1.54) is 24.2 Å². The van der Waals surface area contributed by atoms with Crippen molar-refractivity contribution < 1.29 is 9.26 Å². The third kappa shape index (κ3) is 2.33. The van der Waals surface area contributed by atoms with Crippen LogP contribution in [0.5, 0.6) is 0 Å². The van der Waals surface area contributed by atoms with E-state index in [1.54, 1.807) is 7.11 Å². The highest BCUT2D eigenvalue weighted by Gasteiger charge is 2.37. The predicted octanol–water partition coefficient (Wildman–Crippen LogP) is 3.58. The molecule has 0 atom stereocenters. The minimum atomic E-state index is -0.400. The van der Waals surface area contributed by atoms with Gasteiger partial charge in [0.25, 0.3) is 5.89 Å². The van der Waals surface area contributed by atoms with Crippen molar-refractivity contribution in [1.29, 1.82) is 0 Å². The van der Waals surface area contributed by atoms with Crippen molar-refractivity contribution in [3.63, 3.8) is 0 Å². The fraction of sp³-hybridized carbons (Fsp3) is 0.571. The Kier molecular flexibility index (Phi) is 3.76. The van der Waals surface area contributed by atoms with E-state index >= 15 is 0 Å². The molecule has 1 aliphatic carbocycles. The molecule has 0 saturated heterocycles. The number of ether oxygens (including phenoxy) is 1. The number of methoxy groups -OCH3 is 1. The Morgan fingerprint density at radius 2 is 2.05 bits per heavy atom. The van der Waals surface area contributed by atoms with E-state index in [2.05, 4.69) is 10.1 Å². The number of anilines is 1. The summed E-state index contributed by atoms with van der Waals surface area (Å²) in [4.78, 5) is 4.55. The molecule has 0 aromatic carbocycles. The quantitative estimate of drug-likeness (QED) is 0.876. The Labute approximate surface area is 122 Å². The van der Waals surface area contributed by atoms with Crippen LogP contribution in [0.3, 0.4) is 0 Å². The molecule has 2 aromatic heterocycles. The van der Waals surface area contributed by atoms with Gasteiger partial charge < -0.3 is 15.0 Å². The SMILES string of the molecule is COC1(c2noc(-c3ccsc3N)n2)CCCCCC1. The first kappa shape index (κ1) is 13.6. The van der Waals surface area contributed by atoms with E-state index in [1.807, 2.05) is 11.4 Å². The van der Waals surface area contributed by atoms with Crippen molar-refractivity contribution in [1.82, 2.24) is 10.1 Å². The minimum absolute atomic E-state index is 0.400. The molecular formula is C14H19N3O2S. The van der Waals surface area contributed by atoms with Crippen LogP contribution in [-0.2, 0) is 10.3 Å². The molecule has 3 rings (SSSR count). The number of hydrogen-bond donors (Lipinski definition) is 1. The third-order valence-corrected chi connectivity index (χ3v) is 4.81. The molecule has 1 aliphatic rings. The minimum Gasteiger partial charge on any atom is -0.390 e. The Balaban J connectivity index is 1.93. The molecule has 0 amide bonds. The number of thiophene rings is 1. The van der Waals surface area contributed by atoms with E-state index in [0.717, 1.165) is 31.2 Å². The summed E-state index contributed by atoms with van der Waals surface area (Å²) < 4.78 is 11.2. The molecule has 2 heterocycles. The monoisotopic (exact) mass is 293 g/mol. The fourth-order valence-electron chi connectivity index (χ4n) is 2.83. The van der Waals surface area contributed by atoms with Crippen LogP contribution in [0.2, 0.25) is 0 Å². The van der Waals surface area contributed by atoms with E-state index in [4.69, 9.17) is 15.0 Å². The Morgan fingerprint density at radius 1 is 1.30 bits per heavy atom. The van der Waals surface area contributed by atoms with Crippen LogP contribution in [0.15, 0.2) is 16.0 Å². The molecule has 5 nitrogen and oxygen atoms in total. The summed E-state index contributed by atoms with van der Waals surface area (Å²) in [5.41, 5.74) is 6.32. The van der Waals surface area contributed by atoms with Crippen LogP contribution in [0.25, 0.3) is 11.5 Å². The number of nitrogens with two attached hydrogens (primary N) is 1. The molecule has 2 N–H and O–H groups in total. The van der Waals surface area contributed by atoms with Crippen molar-refractivity contribution >= 4 is 16.3 Å². The second kappa shape index (κ2) is 5.54. The van der Waals surface area contributed by atoms with Crippen LogP contribution in [0.1, 0.15) is 44.3 Å². The normalized spacial score (nSPS) is 18.9. The lowest BCUT2D eigenvalue weighted by Crippen LogP contribution is -2.29. The molecule has 0 aliphatic heterocycles. The highest BCUT2D eigenvalue weighted by molar-refractivity contribution is 7.14. The number of aromatic nitrogens is 2. The van der Waals surface area contributed by atoms with E-state index < -0.39 is 5.60 Å². The summed E-state index contributed by atoms with van der Waals surface area (Å²) in [5.74, 6) is 1.14. The van der Waals surface area contributed by atoms with Gasteiger partial charge in [0.15, 0.2) is 0 Å². The van der Waals surface area contributed by atoms with Gasteiger partial charge in [-0.05, 0) is 24.3 Å². The smallest absolute Gasteiger partial charge is 0.261 e. The molecule has 0 spiro atoms. The molecule has 108 valence electrons. The topological polar surface area (TPSA) is 74.2 Å². The van der Waals surface area contributed by atoms with Gasteiger partial charge in [0.2, 0.25) is 5.82 Å². The first-order valence-electron chi connectivity index (χ1n) is 6.98. The average molecular weight is 293 g/mol. The lowest BCUT2D eigenvalue weighted by atomic mass is 9.93. The lowest BCUT2D eigenvalue weighted by molar-refractivity contribution is -0.0365. The van der Waals surface area contributed by atoms with Crippen molar-refractivity contribution in [3.8, 4) is 11.5 Å². The maximum Gasteiger partial charge on any atom is 0.261 e. The lowest BCUT2D eigenvalue weighted by Gasteiger charge is -2.27. The Bertz CT molecular complexity index is 570. The van der Waals surface area contributed by atoms with E-state index in [-0.39, 0.29) is 0 Å². The summed E-state index contributed by atoms with van der Waals surface area (Å²) in [7, 11) is 1.74. The predicted molar refractivity (Wildman–Crippen MR) is 78.4 cm³/mol. The number of hydrogen-bond acceptors (Lipinski definition) is 6. The molecule has 6 heteroatoms. The number of nitrogen functional groups attached to an aromatic ring is 1. The van der Waals surface area contributed by atoms with Crippen molar-refractivity contribution in [3.05, 3.63) is 17.3 Å².